The summed E-state index contributed by atoms with van der Waals surface area (Å²) in [6.45, 7) is 0.866. The molecule has 3 rings (SSSR count). The van der Waals surface area contributed by atoms with Crippen molar-refractivity contribution in [3.05, 3.63) is 60.4 Å². The van der Waals surface area contributed by atoms with Crippen molar-refractivity contribution in [2.45, 2.75) is 6.42 Å². The first kappa shape index (κ1) is 12.5. The summed E-state index contributed by atoms with van der Waals surface area (Å²) in [5.41, 5.74) is 2.21. The predicted molar refractivity (Wildman–Crippen MR) is 80.4 cm³/mol. The number of benzene rings is 1. The van der Waals surface area contributed by atoms with Crippen LogP contribution in [0.2, 0.25) is 0 Å². The molecule has 102 valence electrons. The second kappa shape index (κ2) is 5.65. The zero-order valence-electron chi connectivity index (χ0n) is 11.4. The number of imidazole rings is 1. The van der Waals surface area contributed by atoms with Crippen LogP contribution in [0.4, 0.5) is 5.82 Å². The van der Waals surface area contributed by atoms with E-state index in [1.165, 1.54) is 5.56 Å². The van der Waals surface area contributed by atoms with Gasteiger partial charge in [0, 0.05) is 18.9 Å². The van der Waals surface area contributed by atoms with Gasteiger partial charge < -0.3 is 10.1 Å². The molecule has 0 radical (unpaired) electrons. The number of nitrogens with one attached hydrogen (secondary N) is 1. The van der Waals surface area contributed by atoms with Gasteiger partial charge in [0.2, 0.25) is 0 Å². The Kier molecular flexibility index (Phi) is 3.54. The molecular formula is C16H17N3O. The molecular weight excluding hydrogens is 250 g/mol. The minimum absolute atomic E-state index is 0.866. The number of hydrogen-bond donors (Lipinski definition) is 1. The Hall–Kier alpha value is -2.49. The number of nitrogens with zero attached hydrogens (tertiary/aromatic N) is 2. The average Bonchev–Trinajstić information content (AvgIpc) is 2.97. The van der Waals surface area contributed by atoms with Gasteiger partial charge >= 0.3 is 0 Å². The van der Waals surface area contributed by atoms with Crippen LogP contribution in [0.15, 0.2) is 54.9 Å². The molecule has 0 aliphatic carbocycles. The molecule has 0 bridgehead atoms. The summed E-state index contributed by atoms with van der Waals surface area (Å²) in [4.78, 5) is 4.27. The van der Waals surface area contributed by atoms with Gasteiger partial charge in [0.15, 0.2) is 0 Å². The van der Waals surface area contributed by atoms with Gasteiger partial charge in [0.05, 0.1) is 7.11 Å². The highest BCUT2D eigenvalue weighted by atomic mass is 16.5. The maximum absolute atomic E-state index is 5.23. The number of ether oxygens (including phenoxy) is 1. The molecule has 0 fully saturated rings. The number of anilines is 1. The topological polar surface area (TPSA) is 38.6 Å². The number of aromatic nitrogens is 2. The minimum Gasteiger partial charge on any atom is -0.497 e. The van der Waals surface area contributed by atoms with Gasteiger partial charge in [-0.25, -0.2) is 4.98 Å². The first-order chi connectivity index (χ1) is 9.86. The molecule has 20 heavy (non-hydrogen) atoms. The van der Waals surface area contributed by atoms with Crippen LogP contribution in [-0.4, -0.2) is 23.0 Å². The van der Waals surface area contributed by atoms with Crippen LogP contribution < -0.4 is 10.1 Å². The molecule has 1 N–H and O–H groups in total. The predicted octanol–water partition coefficient (Wildman–Crippen LogP) is 3.00. The Labute approximate surface area is 118 Å². The lowest BCUT2D eigenvalue weighted by Crippen LogP contribution is -2.08. The summed E-state index contributed by atoms with van der Waals surface area (Å²) in [6.07, 6.45) is 4.72. The van der Waals surface area contributed by atoms with Crippen molar-refractivity contribution in [3.63, 3.8) is 0 Å². The van der Waals surface area contributed by atoms with Crippen LogP contribution in [0.5, 0.6) is 5.75 Å². The molecule has 2 heterocycles. The third-order valence-electron chi connectivity index (χ3n) is 3.28. The molecule has 1 aromatic carbocycles. The zero-order valence-corrected chi connectivity index (χ0v) is 11.4. The Morgan fingerprint density at radius 3 is 3.00 bits per heavy atom. The van der Waals surface area contributed by atoms with E-state index in [1.807, 2.05) is 41.1 Å². The molecule has 0 unspecified atom stereocenters. The van der Waals surface area contributed by atoms with E-state index in [4.69, 9.17) is 4.74 Å². The van der Waals surface area contributed by atoms with E-state index in [0.717, 1.165) is 30.2 Å². The molecule has 0 saturated heterocycles. The number of rotatable bonds is 5. The van der Waals surface area contributed by atoms with Crippen LogP contribution in [0.3, 0.4) is 0 Å². The van der Waals surface area contributed by atoms with Crippen LogP contribution in [0, 0.1) is 0 Å². The maximum atomic E-state index is 5.23. The lowest BCUT2D eigenvalue weighted by atomic mass is 10.1. The fourth-order valence-corrected chi connectivity index (χ4v) is 2.25. The third kappa shape index (κ3) is 2.59. The van der Waals surface area contributed by atoms with E-state index in [9.17, 15) is 0 Å². The quantitative estimate of drug-likeness (QED) is 0.772. The van der Waals surface area contributed by atoms with Gasteiger partial charge in [-0.3, -0.25) is 4.40 Å². The van der Waals surface area contributed by atoms with E-state index in [2.05, 4.69) is 28.5 Å². The first-order valence-electron chi connectivity index (χ1n) is 6.66. The summed E-state index contributed by atoms with van der Waals surface area (Å²) in [5, 5.41) is 3.44. The van der Waals surface area contributed by atoms with E-state index >= 15 is 0 Å². The van der Waals surface area contributed by atoms with Crippen molar-refractivity contribution in [1.82, 2.24) is 9.38 Å². The fraction of sp³-hybridized carbons (Fsp3) is 0.188. The first-order valence-corrected chi connectivity index (χ1v) is 6.66. The smallest absolute Gasteiger partial charge is 0.138 e. The molecule has 0 amide bonds. The van der Waals surface area contributed by atoms with Crippen molar-refractivity contribution < 1.29 is 4.74 Å². The summed E-state index contributed by atoms with van der Waals surface area (Å²) < 4.78 is 7.28. The second-order valence-corrected chi connectivity index (χ2v) is 4.59. The SMILES string of the molecule is COc1cccc(CCNc2cccc3nccn23)c1. The van der Waals surface area contributed by atoms with E-state index in [-0.39, 0.29) is 0 Å². The van der Waals surface area contributed by atoms with Gasteiger partial charge in [0.25, 0.3) is 0 Å². The Bertz CT molecular complexity index is 706. The molecule has 0 aliphatic rings. The Morgan fingerprint density at radius 1 is 1.20 bits per heavy atom. The summed E-state index contributed by atoms with van der Waals surface area (Å²) in [6, 6.07) is 14.2. The van der Waals surface area contributed by atoms with Crippen molar-refractivity contribution >= 4 is 11.5 Å². The number of hydrogen-bond acceptors (Lipinski definition) is 3. The van der Waals surface area contributed by atoms with Gasteiger partial charge in [-0.05, 0) is 36.2 Å². The van der Waals surface area contributed by atoms with Crippen LogP contribution >= 0.6 is 0 Å². The lowest BCUT2D eigenvalue weighted by molar-refractivity contribution is 0.414. The highest BCUT2D eigenvalue weighted by Gasteiger charge is 2.00. The van der Waals surface area contributed by atoms with E-state index in [1.54, 1.807) is 7.11 Å². The van der Waals surface area contributed by atoms with Gasteiger partial charge in [-0.2, -0.15) is 0 Å². The molecule has 0 atom stereocenters. The fourth-order valence-electron chi connectivity index (χ4n) is 2.25. The zero-order chi connectivity index (χ0) is 13.8. The van der Waals surface area contributed by atoms with Gasteiger partial charge in [-0.1, -0.05) is 18.2 Å². The third-order valence-corrected chi connectivity index (χ3v) is 3.28. The number of methoxy groups -OCH3 is 1. The van der Waals surface area contributed by atoms with E-state index in [0.29, 0.717) is 0 Å². The normalized spacial score (nSPS) is 10.7. The van der Waals surface area contributed by atoms with Crippen molar-refractivity contribution in [2.24, 2.45) is 0 Å². The van der Waals surface area contributed by atoms with Crippen molar-refractivity contribution in [3.8, 4) is 5.75 Å². The largest absolute Gasteiger partial charge is 0.497 e. The molecule has 4 heteroatoms. The number of fused-ring (bicyclic) bond motifs is 1. The molecule has 3 aromatic rings. The summed E-state index contributed by atoms with van der Waals surface area (Å²) in [7, 11) is 1.69. The lowest BCUT2D eigenvalue weighted by Gasteiger charge is -2.09. The molecule has 4 nitrogen and oxygen atoms in total. The van der Waals surface area contributed by atoms with Crippen LogP contribution in [-0.2, 0) is 6.42 Å². The van der Waals surface area contributed by atoms with Crippen molar-refractivity contribution in [2.75, 3.05) is 19.0 Å². The summed E-state index contributed by atoms with van der Waals surface area (Å²) >= 11 is 0. The molecule has 2 aromatic heterocycles. The standard InChI is InChI=1S/C16H17N3O/c1-20-14-5-2-4-13(12-14)8-9-17-15-6-3-7-16-18-10-11-19(15)16/h2-7,10-12,17H,8-9H2,1H3. The van der Waals surface area contributed by atoms with Gasteiger partial charge in [-0.15, -0.1) is 0 Å². The molecule has 0 saturated carbocycles. The van der Waals surface area contributed by atoms with Crippen LogP contribution in [0.1, 0.15) is 5.56 Å². The summed E-state index contributed by atoms with van der Waals surface area (Å²) in [5.74, 6) is 1.96. The Morgan fingerprint density at radius 2 is 2.10 bits per heavy atom. The Balaban J connectivity index is 1.66. The van der Waals surface area contributed by atoms with Gasteiger partial charge in [0.1, 0.15) is 17.2 Å². The number of pyridine rings is 1. The minimum atomic E-state index is 0.866. The maximum Gasteiger partial charge on any atom is 0.138 e. The average molecular weight is 267 g/mol. The highest BCUT2D eigenvalue weighted by molar-refractivity contribution is 5.49. The second-order valence-electron chi connectivity index (χ2n) is 4.59. The highest BCUT2D eigenvalue weighted by Crippen LogP contribution is 2.14. The van der Waals surface area contributed by atoms with E-state index < -0.39 is 0 Å². The van der Waals surface area contributed by atoms with Crippen LogP contribution in [0.25, 0.3) is 5.65 Å². The molecule has 0 spiro atoms. The van der Waals surface area contributed by atoms with Crippen molar-refractivity contribution in [1.29, 1.82) is 0 Å². The monoisotopic (exact) mass is 267 g/mol. The molecule has 0 aliphatic heterocycles.